The maximum absolute atomic E-state index is 13.8. The largest absolute Gasteiger partial charge is 0.337 e. The molecule has 2 aliphatic rings. The number of rotatable bonds is 5. The Bertz CT molecular complexity index is 984. The number of carbonyl (C=O) groups excluding carboxylic acids is 2. The lowest BCUT2D eigenvalue weighted by Crippen LogP contribution is -2.41. The molecule has 2 aromatic rings. The van der Waals surface area contributed by atoms with Crippen LogP contribution in [0.1, 0.15) is 69.9 Å². The first-order chi connectivity index (χ1) is 17.5. The molecule has 5 nitrogen and oxygen atoms in total. The summed E-state index contributed by atoms with van der Waals surface area (Å²) in [5.74, 6) is 0.916. The van der Waals surface area contributed by atoms with E-state index >= 15 is 0 Å². The Morgan fingerprint density at radius 1 is 0.833 bits per heavy atom. The molecule has 0 unspecified atom stereocenters. The minimum atomic E-state index is 0.136. The van der Waals surface area contributed by atoms with E-state index in [1.165, 1.54) is 12.0 Å². The van der Waals surface area contributed by atoms with E-state index < -0.39 is 0 Å². The molecule has 0 saturated heterocycles. The number of anilines is 1. The Hall–Kier alpha value is -2.66. The normalized spacial score (nSPS) is 18.5. The number of fused-ring (bicyclic) bond motifs is 1. The van der Waals surface area contributed by atoms with Gasteiger partial charge in [-0.05, 0) is 42.4 Å². The van der Waals surface area contributed by atoms with Crippen LogP contribution in [0.15, 0.2) is 54.6 Å². The molecule has 5 heteroatoms. The van der Waals surface area contributed by atoms with Crippen LogP contribution in [0.2, 0.25) is 0 Å². The number of hydrogen-bond acceptors (Lipinski definition) is 3. The zero-order valence-corrected chi connectivity index (χ0v) is 22.2. The summed E-state index contributed by atoms with van der Waals surface area (Å²) in [6.07, 6.45) is 6.99. The third-order valence-electron chi connectivity index (χ3n) is 7.58. The highest BCUT2D eigenvalue weighted by atomic mass is 16.2. The van der Waals surface area contributed by atoms with Gasteiger partial charge in [0.25, 0.3) is 0 Å². The minimum Gasteiger partial charge on any atom is -0.337 e. The molecule has 1 heterocycles. The zero-order valence-electron chi connectivity index (χ0n) is 22.2. The Labute approximate surface area is 217 Å². The Morgan fingerprint density at radius 2 is 1.56 bits per heavy atom. The monoisotopic (exact) mass is 489 g/mol. The van der Waals surface area contributed by atoms with Crippen LogP contribution < -0.4 is 4.90 Å². The third kappa shape index (κ3) is 7.19. The number of nitrogens with zero attached hydrogens (tertiary/aromatic N) is 3. The van der Waals surface area contributed by atoms with Crippen LogP contribution in [0, 0.1) is 11.8 Å². The first kappa shape index (κ1) is 26.4. The van der Waals surface area contributed by atoms with Crippen molar-refractivity contribution < 1.29 is 9.59 Å². The molecule has 1 fully saturated rings. The van der Waals surface area contributed by atoms with Gasteiger partial charge in [-0.3, -0.25) is 14.5 Å². The van der Waals surface area contributed by atoms with E-state index in [1.54, 1.807) is 0 Å². The van der Waals surface area contributed by atoms with E-state index in [1.807, 2.05) is 17.0 Å². The van der Waals surface area contributed by atoms with E-state index in [0.29, 0.717) is 31.3 Å². The van der Waals surface area contributed by atoms with Crippen molar-refractivity contribution in [2.75, 3.05) is 31.1 Å². The Kier molecular flexibility index (Phi) is 9.57. The first-order valence-electron chi connectivity index (χ1n) is 13.9. The van der Waals surface area contributed by atoms with E-state index in [2.05, 4.69) is 66.1 Å². The molecule has 4 rings (SSSR count). The number of benzene rings is 2. The summed E-state index contributed by atoms with van der Waals surface area (Å²) in [5.41, 5.74) is 3.34. The molecule has 1 saturated carbocycles. The molecule has 2 amide bonds. The summed E-state index contributed by atoms with van der Waals surface area (Å²) < 4.78 is 0. The van der Waals surface area contributed by atoms with Gasteiger partial charge in [-0.15, -0.1) is 0 Å². The van der Waals surface area contributed by atoms with Gasteiger partial charge in [-0.1, -0.05) is 81.6 Å². The maximum Gasteiger partial charge on any atom is 0.227 e. The van der Waals surface area contributed by atoms with Crippen molar-refractivity contribution in [3.8, 4) is 0 Å². The number of hydrogen-bond donors (Lipinski definition) is 0. The second-order valence-electron chi connectivity index (χ2n) is 11.0. The number of amides is 2. The molecule has 0 aromatic heterocycles. The van der Waals surface area contributed by atoms with Crippen molar-refractivity contribution in [2.45, 2.75) is 71.9 Å². The summed E-state index contributed by atoms with van der Waals surface area (Å²) >= 11 is 0. The van der Waals surface area contributed by atoms with Crippen LogP contribution in [0.4, 0.5) is 5.69 Å². The van der Waals surface area contributed by atoms with Crippen LogP contribution in [0.5, 0.6) is 0 Å². The number of para-hydroxylation sites is 1. The third-order valence-corrected chi connectivity index (χ3v) is 7.58. The summed E-state index contributed by atoms with van der Waals surface area (Å²) in [7, 11) is 0. The molecule has 1 aliphatic heterocycles. The van der Waals surface area contributed by atoms with E-state index in [4.69, 9.17) is 0 Å². The second-order valence-corrected chi connectivity index (χ2v) is 11.0. The van der Waals surface area contributed by atoms with Gasteiger partial charge in [0.2, 0.25) is 11.8 Å². The second kappa shape index (κ2) is 13.0. The van der Waals surface area contributed by atoms with Crippen LogP contribution in [0.25, 0.3) is 0 Å². The smallest absolute Gasteiger partial charge is 0.227 e. The van der Waals surface area contributed by atoms with Gasteiger partial charge in [0.15, 0.2) is 0 Å². The maximum atomic E-state index is 13.8. The van der Waals surface area contributed by atoms with Gasteiger partial charge in [-0.2, -0.15) is 0 Å². The molecule has 36 heavy (non-hydrogen) atoms. The average molecular weight is 490 g/mol. The Balaban J connectivity index is 1.63. The lowest BCUT2D eigenvalue weighted by molar-refractivity contribution is -0.137. The molecule has 0 radical (unpaired) electrons. The van der Waals surface area contributed by atoms with Crippen molar-refractivity contribution in [2.24, 2.45) is 11.8 Å². The van der Waals surface area contributed by atoms with Crippen LogP contribution in [-0.4, -0.2) is 47.8 Å². The highest BCUT2D eigenvalue weighted by molar-refractivity contribution is 5.94. The van der Waals surface area contributed by atoms with Crippen LogP contribution in [0.3, 0.4) is 0 Å². The lowest BCUT2D eigenvalue weighted by atomic mass is 9.88. The van der Waals surface area contributed by atoms with Gasteiger partial charge in [0, 0.05) is 57.3 Å². The molecule has 0 spiro atoms. The quantitative estimate of drug-likeness (QED) is 0.527. The molecule has 0 N–H and O–H groups in total. The molecule has 194 valence electrons. The van der Waals surface area contributed by atoms with Crippen molar-refractivity contribution in [3.63, 3.8) is 0 Å². The van der Waals surface area contributed by atoms with Gasteiger partial charge in [0.1, 0.15) is 0 Å². The van der Waals surface area contributed by atoms with Gasteiger partial charge in [-0.25, -0.2) is 0 Å². The highest BCUT2D eigenvalue weighted by Crippen LogP contribution is 2.29. The van der Waals surface area contributed by atoms with Gasteiger partial charge >= 0.3 is 0 Å². The molecular weight excluding hydrogens is 446 g/mol. The van der Waals surface area contributed by atoms with Gasteiger partial charge < -0.3 is 9.80 Å². The predicted octanol–water partition coefficient (Wildman–Crippen LogP) is 5.88. The van der Waals surface area contributed by atoms with Crippen molar-refractivity contribution >= 4 is 17.5 Å². The summed E-state index contributed by atoms with van der Waals surface area (Å²) in [4.78, 5) is 33.7. The highest BCUT2D eigenvalue weighted by Gasteiger charge is 2.28. The fraction of sp³-hybridized carbons (Fsp3) is 0.548. The summed E-state index contributed by atoms with van der Waals surface area (Å²) in [5, 5.41) is 0. The fourth-order valence-corrected chi connectivity index (χ4v) is 5.65. The van der Waals surface area contributed by atoms with Crippen molar-refractivity contribution in [1.29, 1.82) is 0 Å². The van der Waals surface area contributed by atoms with E-state index in [-0.39, 0.29) is 11.8 Å². The summed E-state index contributed by atoms with van der Waals surface area (Å²) in [6.45, 7) is 8.78. The molecule has 0 bridgehead atoms. The van der Waals surface area contributed by atoms with E-state index in [9.17, 15) is 9.59 Å². The van der Waals surface area contributed by atoms with E-state index in [0.717, 1.165) is 69.5 Å². The topological polar surface area (TPSA) is 43.9 Å². The van der Waals surface area contributed by atoms with Gasteiger partial charge in [0.05, 0.1) is 0 Å². The molecule has 0 atom stereocenters. The average Bonchev–Trinajstić information content (AvgIpc) is 2.92. The standard InChI is InChI=1S/C31H43N3O2/c1-25(2)22-30(35)34-19-11-18-32(23-26-12-5-3-6-13-26)20-21-33(24-28-16-9-10-17-29(28)34)31(36)27-14-7-4-8-15-27/h3,5-6,9-10,12-13,16-17,25,27H,4,7-8,11,14-15,18-24H2,1-2H3. The SMILES string of the molecule is CC(C)CC(=O)N1CCCN(Cc2ccccc2)CCN(C(=O)C2CCCCC2)Cc2ccccc21. The zero-order chi connectivity index (χ0) is 25.3. The minimum absolute atomic E-state index is 0.136. The molecule has 2 aromatic carbocycles. The molecule has 1 aliphatic carbocycles. The first-order valence-corrected chi connectivity index (χ1v) is 13.9. The lowest BCUT2D eigenvalue weighted by Gasteiger charge is -2.32. The molecular formula is C31H43N3O2. The van der Waals surface area contributed by atoms with Crippen LogP contribution in [-0.2, 0) is 22.7 Å². The number of carbonyl (C=O) groups is 2. The summed E-state index contributed by atoms with van der Waals surface area (Å²) in [6, 6.07) is 18.8. The Morgan fingerprint density at radius 3 is 2.31 bits per heavy atom. The van der Waals surface area contributed by atoms with Crippen LogP contribution >= 0.6 is 0 Å². The predicted molar refractivity (Wildman–Crippen MR) is 147 cm³/mol. The van der Waals surface area contributed by atoms with Crippen molar-refractivity contribution in [1.82, 2.24) is 9.80 Å². The fourth-order valence-electron chi connectivity index (χ4n) is 5.65. The van der Waals surface area contributed by atoms with Crippen molar-refractivity contribution in [3.05, 3.63) is 65.7 Å².